The van der Waals surface area contributed by atoms with E-state index >= 15 is 0 Å². The Morgan fingerprint density at radius 2 is 2.16 bits per heavy atom. The van der Waals surface area contributed by atoms with Gasteiger partial charge in [0.2, 0.25) is 5.91 Å². The molecule has 138 valence electrons. The van der Waals surface area contributed by atoms with Gasteiger partial charge in [0, 0.05) is 46.7 Å². The maximum atomic E-state index is 11.5. The molecule has 2 aliphatic rings. The summed E-state index contributed by atoms with van der Waals surface area (Å²) >= 11 is 0. The second kappa shape index (κ2) is 7.68. The third-order valence-electron chi connectivity index (χ3n) is 5.16. The van der Waals surface area contributed by atoms with Gasteiger partial charge in [-0.1, -0.05) is 6.07 Å². The average Bonchev–Trinajstić information content (AvgIpc) is 2.62. The van der Waals surface area contributed by atoms with Crippen LogP contribution < -0.4 is 5.32 Å². The normalized spacial score (nSPS) is 24.1. The first-order chi connectivity index (χ1) is 12.0. The number of hydrogen-bond acceptors (Lipinski definition) is 6. The predicted molar refractivity (Wildman–Crippen MR) is 95.4 cm³/mol. The number of amides is 1. The second-order valence-electron chi connectivity index (χ2n) is 7.02. The van der Waals surface area contributed by atoms with Gasteiger partial charge < -0.3 is 20.1 Å². The number of hydrogen-bond donors (Lipinski definition) is 2. The Kier molecular flexibility index (Phi) is 5.56. The number of carbonyl (C=O) groups excluding carboxylic acids is 1. The molecular formula is C18H28N4O3. The van der Waals surface area contributed by atoms with E-state index in [9.17, 15) is 9.90 Å². The molecule has 0 radical (unpaired) electrons. The van der Waals surface area contributed by atoms with E-state index in [1.807, 2.05) is 30.1 Å². The van der Waals surface area contributed by atoms with E-state index in [0.29, 0.717) is 39.1 Å². The van der Waals surface area contributed by atoms with E-state index in [-0.39, 0.29) is 12.0 Å². The molecule has 2 N–H and O–H groups in total. The zero-order valence-electron chi connectivity index (χ0n) is 15.1. The molecule has 2 aliphatic heterocycles. The van der Waals surface area contributed by atoms with Crippen LogP contribution in [-0.2, 0) is 9.53 Å². The summed E-state index contributed by atoms with van der Waals surface area (Å²) in [5, 5.41) is 14.0. The number of rotatable bonds is 4. The highest BCUT2D eigenvalue weighted by atomic mass is 16.5. The first kappa shape index (κ1) is 18.1. The van der Waals surface area contributed by atoms with Crippen LogP contribution in [0.1, 0.15) is 31.6 Å². The van der Waals surface area contributed by atoms with Crippen molar-refractivity contribution in [2.75, 3.05) is 51.7 Å². The van der Waals surface area contributed by atoms with Gasteiger partial charge in [0.15, 0.2) is 0 Å². The number of carbonyl (C=O) groups is 1. The first-order valence-corrected chi connectivity index (χ1v) is 8.96. The van der Waals surface area contributed by atoms with E-state index in [1.54, 1.807) is 6.92 Å². The Labute approximate surface area is 149 Å². The van der Waals surface area contributed by atoms with Gasteiger partial charge >= 0.3 is 0 Å². The van der Waals surface area contributed by atoms with Crippen molar-refractivity contribution in [1.82, 2.24) is 14.8 Å². The molecule has 1 aromatic heterocycles. The molecule has 2 saturated heterocycles. The van der Waals surface area contributed by atoms with E-state index in [0.717, 1.165) is 24.6 Å². The molecule has 7 nitrogen and oxygen atoms in total. The minimum absolute atomic E-state index is 0.0806. The van der Waals surface area contributed by atoms with Crippen molar-refractivity contribution in [3.63, 3.8) is 0 Å². The third-order valence-corrected chi connectivity index (χ3v) is 5.16. The van der Waals surface area contributed by atoms with Gasteiger partial charge in [-0.25, -0.2) is 4.98 Å². The van der Waals surface area contributed by atoms with Gasteiger partial charge in [-0.2, -0.15) is 0 Å². The lowest BCUT2D eigenvalue weighted by Gasteiger charge is -2.42. The number of anilines is 1. The zero-order chi connectivity index (χ0) is 17.9. The molecule has 1 aromatic rings. The molecule has 3 rings (SSSR count). The van der Waals surface area contributed by atoms with Crippen molar-refractivity contribution in [1.29, 1.82) is 0 Å². The fraction of sp³-hybridized carbons (Fsp3) is 0.667. The predicted octanol–water partition coefficient (Wildman–Crippen LogP) is 0.870. The average molecular weight is 348 g/mol. The monoisotopic (exact) mass is 348 g/mol. The molecule has 7 heteroatoms. The molecule has 0 bridgehead atoms. The van der Waals surface area contributed by atoms with E-state index in [1.165, 1.54) is 0 Å². The highest BCUT2D eigenvalue weighted by Gasteiger charge is 2.36. The number of likely N-dealkylation sites (tertiary alicyclic amines) is 1. The van der Waals surface area contributed by atoms with E-state index in [2.05, 4.69) is 15.2 Å². The number of morpholine rings is 1. The molecule has 25 heavy (non-hydrogen) atoms. The Bertz CT molecular complexity index is 602. The number of nitrogens with one attached hydrogen (secondary N) is 1. The Morgan fingerprint density at radius 1 is 1.40 bits per heavy atom. The smallest absolute Gasteiger partial charge is 0.219 e. The van der Waals surface area contributed by atoms with Gasteiger partial charge in [-0.05, 0) is 25.0 Å². The van der Waals surface area contributed by atoms with Crippen LogP contribution in [-0.4, -0.2) is 77.8 Å². The Balaban J connectivity index is 1.59. The number of pyridine rings is 1. The standard InChI is InChI=1S/C18H28N4O3/c1-14(23)22-8-6-18(24,7-9-22)13-21-10-11-25-16(12-21)15-4-3-5-17(19-2)20-15/h3-5,16,24H,6-13H2,1-2H3,(H,19,20)/t16-/m1/s1. The Hall–Kier alpha value is -1.70. The molecule has 1 atom stereocenters. The van der Waals surface area contributed by atoms with Gasteiger partial charge in [0.05, 0.1) is 17.9 Å². The lowest BCUT2D eigenvalue weighted by atomic mass is 9.90. The van der Waals surface area contributed by atoms with Crippen LogP contribution in [0.25, 0.3) is 0 Å². The number of piperidine rings is 1. The number of aliphatic hydroxyl groups is 1. The van der Waals surface area contributed by atoms with E-state index < -0.39 is 5.60 Å². The van der Waals surface area contributed by atoms with Gasteiger partial charge in [0.1, 0.15) is 11.9 Å². The molecule has 3 heterocycles. The van der Waals surface area contributed by atoms with Crippen molar-refractivity contribution in [2.45, 2.75) is 31.5 Å². The van der Waals surface area contributed by atoms with Crippen molar-refractivity contribution in [3.05, 3.63) is 23.9 Å². The van der Waals surface area contributed by atoms with Gasteiger partial charge in [0.25, 0.3) is 0 Å². The first-order valence-electron chi connectivity index (χ1n) is 8.96. The second-order valence-corrected chi connectivity index (χ2v) is 7.02. The minimum atomic E-state index is -0.728. The van der Waals surface area contributed by atoms with Crippen LogP contribution in [0.3, 0.4) is 0 Å². The maximum absolute atomic E-state index is 11.5. The molecule has 0 aromatic carbocycles. The molecule has 1 amide bonds. The summed E-state index contributed by atoms with van der Waals surface area (Å²) in [4.78, 5) is 20.1. The molecule has 0 aliphatic carbocycles. The number of nitrogens with zero attached hydrogens (tertiary/aromatic N) is 3. The van der Waals surface area contributed by atoms with Crippen molar-refractivity contribution >= 4 is 11.7 Å². The topological polar surface area (TPSA) is 77.9 Å². The van der Waals surface area contributed by atoms with Crippen LogP contribution in [0.2, 0.25) is 0 Å². The lowest BCUT2D eigenvalue weighted by Crippen LogP contribution is -2.53. The number of β-amino-alcohol motifs (C(OH)–C–C–N with tert-alkyl or cyclic N) is 1. The summed E-state index contributed by atoms with van der Waals surface area (Å²) in [6, 6.07) is 5.88. The number of ether oxygens (including phenoxy) is 1. The van der Waals surface area contributed by atoms with Crippen LogP contribution in [0, 0.1) is 0 Å². The highest BCUT2D eigenvalue weighted by Crippen LogP contribution is 2.27. The highest BCUT2D eigenvalue weighted by molar-refractivity contribution is 5.73. The summed E-state index contributed by atoms with van der Waals surface area (Å²) in [5.74, 6) is 0.914. The zero-order valence-corrected chi connectivity index (χ0v) is 15.1. The van der Waals surface area contributed by atoms with Crippen molar-refractivity contribution < 1.29 is 14.6 Å². The molecule has 0 saturated carbocycles. The molecule has 0 spiro atoms. The van der Waals surface area contributed by atoms with Crippen LogP contribution in [0.4, 0.5) is 5.82 Å². The molecule has 0 unspecified atom stereocenters. The largest absolute Gasteiger partial charge is 0.388 e. The van der Waals surface area contributed by atoms with Crippen molar-refractivity contribution in [3.8, 4) is 0 Å². The van der Waals surface area contributed by atoms with Crippen LogP contribution >= 0.6 is 0 Å². The third kappa shape index (κ3) is 4.48. The SMILES string of the molecule is CNc1cccc([C@H]2CN(CC3(O)CCN(C(C)=O)CC3)CCO2)n1. The fourth-order valence-electron chi connectivity index (χ4n) is 3.61. The van der Waals surface area contributed by atoms with Crippen molar-refractivity contribution in [2.24, 2.45) is 0 Å². The van der Waals surface area contributed by atoms with E-state index in [4.69, 9.17) is 4.74 Å². The van der Waals surface area contributed by atoms with Gasteiger partial charge in [-0.3, -0.25) is 9.69 Å². The summed E-state index contributed by atoms with van der Waals surface area (Å²) in [6.07, 6.45) is 1.17. The molecule has 2 fully saturated rings. The minimum Gasteiger partial charge on any atom is -0.388 e. The fourth-order valence-corrected chi connectivity index (χ4v) is 3.61. The summed E-state index contributed by atoms with van der Waals surface area (Å²) in [7, 11) is 1.85. The number of aromatic nitrogens is 1. The van der Waals surface area contributed by atoms with Gasteiger partial charge in [-0.15, -0.1) is 0 Å². The summed E-state index contributed by atoms with van der Waals surface area (Å²) in [6.45, 7) is 5.62. The summed E-state index contributed by atoms with van der Waals surface area (Å²) < 4.78 is 5.90. The maximum Gasteiger partial charge on any atom is 0.219 e. The lowest BCUT2D eigenvalue weighted by molar-refractivity contribution is -0.134. The quantitative estimate of drug-likeness (QED) is 0.841. The Morgan fingerprint density at radius 3 is 2.84 bits per heavy atom. The van der Waals surface area contributed by atoms with Crippen LogP contribution in [0.15, 0.2) is 18.2 Å². The summed E-state index contributed by atoms with van der Waals surface area (Å²) in [5.41, 5.74) is 0.184. The van der Waals surface area contributed by atoms with Crippen LogP contribution in [0.5, 0.6) is 0 Å². The molecular weight excluding hydrogens is 320 g/mol.